The molecule has 0 aliphatic carbocycles. The van der Waals surface area contributed by atoms with E-state index in [1.165, 1.54) is 0 Å². The Labute approximate surface area is 76.3 Å². The van der Waals surface area contributed by atoms with E-state index < -0.39 is 0 Å². The van der Waals surface area contributed by atoms with Crippen LogP contribution in [0.15, 0.2) is 18.2 Å². The Balaban J connectivity index is 2.56. The average molecular weight is 179 g/mol. The minimum atomic E-state index is 0.456. The van der Waals surface area contributed by atoms with Crippen LogP contribution in [0.4, 0.5) is 0 Å². The Morgan fingerprint density at radius 1 is 1.50 bits per heavy atom. The second-order valence-electron chi connectivity index (χ2n) is 2.74. The number of fused-ring (bicyclic) bond motifs is 1. The summed E-state index contributed by atoms with van der Waals surface area (Å²) in [5.41, 5.74) is 7.68. The molecule has 0 saturated heterocycles. The van der Waals surface area contributed by atoms with Crippen LogP contribution in [0.1, 0.15) is 11.1 Å². The maximum atomic E-state index is 5.56. The molecule has 2 rings (SSSR count). The van der Waals surface area contributed by atoms with Crippen LogP contribution < -0.4 is 10.5 Å². The third-order valence-electron chi connectivity index (χ3n) is 2.01. The van der Waals surface area contributed by atoms with Gasteiger partial charge < -0.3 is 10.5 Å². The lowest BCUT2D eigenvalue weighted by molar-refractivity contribution is 0.357. The fourth-order valence-corrected chi connectivity index (χ4v) is 1.64. The SMILES string of the molecule is NC(=S)c1cccc2c1CCO2. The summed E-state index contributed by atoms with van der Waals surface area (Å²) in [6.07, 6.45) is 0.919. The Morgan fingerprint density at radius 3 is 3.08 bits per heavy atom. The van der Waals surface area contributed by atoms with E-state index in [0.717, 1.165) is 29.9 Å². The quantitative estimate of drug-likeness (QED) is 0.659. The van der Waals surface area contributed by atoms with Gasteiger partial charge in [-0.15, -0.1) is 0 Å². The molecule has 2 N–H and O–H groups in total. The van der Waals surface area contributed by atoms with E-state index >= 15 is 0 Å². The van der Waals surface area contributed by atoms with Gasteiger partial charge in [-0.2, -0.15) is 0 Å². The summed E-state index contributed by atoms with van der Waals surface area (Å²) >= 11 is 4.93. The van der Waals surface area contributed by atoms with Crippen molar-refractivity contribution < 1.29 is 4.74 Å². The molecule has 0 saturated carbocycles. The normalized spacial score (nSPS) is 13.7. The Kier molecular flexibility index (Phi) is 1.73. The molecule has 0 fully saturated rings. The van der Waals surface area contributed by atoms with Gasteiger partial charge >= 0.3 is 0 Å². The van der Waals surface area contributed by atoms with Crippen LogP contribution in [0.3, 0.4) is 0 Å². The molecule has 1 aliphatic rings. The fourth-order valence-electron chi connectivity index (χ4n) is 1.45. The van der Waals surface area contributed by atoms with Gasteiger partial charge in [-0.05, 0) is 6.07 Å². The van der Waals surface area contributed by atoms with Crippen LogP contribution >= 0.6 is 12.2 Å². The van der Waals surface area contributed by atoms with Gasteiger partial charge in [-0.1, -0.05) is 24.4 Å². The van der Waals surface area contributed by atoms with Crippen LogP contribution in [-0.4, -0.2) is 11.6 Å². The first-order valence-electron chi connectivity index (χ1n) is 3.83. The van der Waals surface area contributed by atoms with Crippen molar-refractivity contribution in [3.8, 4) is 5.75 Å². The molecule has 0 atom stereocenters. The van der Waals surface area contributed by atoms with Crippen molar-refractivity contribution >= 4 is 17.2 Å². The smallest absolute Gasteiger partial charge is 0.123 e. The third kappa shape index (κ3) is 1.06. The number of hydrogen-bond donors (Lipinski definition) is 1. The fraction of sp³-hybridized carbons (Fsp3) is 0.222. The summed E-state index contributed by atoms with van der Waals surface area (Å²) in [7, 11) is 0. The topological polar surface area (TPSA) is 35.2 Å². The van der Waals surface area contributed by atoms with Crippen molar-refractivity contribution in [2.24, 2.45) is 5.73 Å². The standard InChI is InChI=1S/C9H9NOS/c10-9(12)7-2-1-3-8-6(7)4-5-11-8/h1-3H,4-5H2,(H2,10,12). The van der Waals surface area contributed by atoms with E-state index in [0.29, 0.717) is 4.99 Å². The summed E-state index contributed by atoms with van der Waals surface area (Å²) in [6, 6.07) is 5.80. The molecule has 0 radical (unpaired) electrons. The van der Waals surface area contributed by atoms with Gasteiger partial charge in [-0.25, -0.2) is 0 Å². The number of benzene rings is 1. The number of ether oxygens (including phenoxy) is 1. The van der Waals surface area contributed by atoms with Gasteiger partial charge in [0.15, 0.2) is 0 Å². The number of thiocarbonyl (C=S) groups is 1. The molecule has 2 nitrogen and oxygen atoms in total. The molecule has 0 spiro atoms. The zero-order valence-electron chi connectivity index (χ0n) is 6.54. The summed E-state index contributed by atoms with van der Waals surface area (Å²) in [5, 5.41) is 0. The van der Waals surface area contributed by atoms with Gasteiger partial charge in [-0.3, -0.25) is 0 Å². The van der Waals surface area contributed by atoms with Crippen molar-refractivity contribution in [3.63, 3.8) is 0 Å². The zero-order chi connectivity index (χ0) is 8.55. The highest BCUT2D eigenvalue weighted by atomic mass is 32.1. The second kappa shape index (κ2) is 2.75. The minimum Gasteiger partial charge on any atom is -0.493 e. The molecule has 1 aromatic rings. The van der Waals surface area contributed by atoms with Crippen LogP contribution in [-0.2, 0) is 6.42 Å². The minimum absolute atomic E-state index is 0.456. The molecule has 0 aromatic heterocycles. The van der Waals surface area contributed by atoms with Gasteiger partial charge in [0.2, 0.25) is 0 Å². The van der Waals surface area contributed by atoms with E-state index in [1.54, 1.807) is 0 Å². The molecule has 62 valence electrons. The molecule has 1 heterocycles. The van der Waals surface area contributed by atoms with Crippen molar-refractivity contribution in [3.05, 3.63) is 29.3 Å². The molecule has 12 heavy (non-hydrogen) atoms. The predicted octanol–water partition coefficient (Wildman–Crippen LogP) is 1.26. The lowest BCUT2D eigenvalue weighted by Crippen LogP contribution is -2.11. The summed E-state index contributed by atoms with van der Waals surface area (Å²) in [4.78, 5) is 0.456. The third-order valence-corrected chi connectivity index (χ3v) is 2.23. The Bertz CT molecular complexity index is 335. The molecule has 0 bridgehead atoms. The van der Waals surface area contributed by atoms with Gasteiger partial charge in [0.25, 0.3) is 0 Å². The first kappa shape index (κ1) is 7.55. The molecule has 1 aliphatic heterocycles. The van der Waals surface area contributed by atoms with Crippen molar-refractivity contribution in [1.82, 2.24) is 0 Å². The average Bonchev–Trinajstić information content (AvgIpc) is 2.49. The lowest BCUT2D eigenvalue weighted by Gasteiger charge is -2.03. The predicted molar refractivity (Wildman–Crippen MR) is 51.5 cm³/mol. The molecule has 1 aromatic carbocycles. The van der Waals surface area contributed by atoms with Gasteiger partial charge in [0.1, 0.15) is 10.7 Å². The van der Waals surface area contributed by atoms with Crippen LogP contribution in [0.25, 0.3) is 0 Å². The van der Waals surface area contributed by atoms with Gasteiger partial charge in [0.05, 0.1) is 6.61 Å². The number of rotatable bonds is 1. The first-order valence-corrected chi connectivity index (χ1v) is 4.24. The summed E-state index contributed by atoms with van der Waals surface area (Å²) in [6.45, 7) is 0.745. The van der Waals surface area contributed by atoms with E-state index in [-0.39, 0.29) is 0 Å². The maximum Gasteiger partial charge on any atom is 0.123 e. The molecule has 0 unspecified atom stereocenters. The van der Waals surface area contributed by atoms with E-state index in [2.05, 4.69) is 0 Å². The van der Waals surface area contributed by atoms with Crippen molar-refractivity contribution in [1.29, 1.82) is 0 Å². The molecule has 0 amide bonds. The summed E-state index contributed by atoms with van der Waals surface area (Å²) in [5.74, 6) is 0.931. The second-order valence-corrected chi connectivity index (χ2v) is 3.18. The molecule has 3 heteroatoms. The molecular formula is C9H9NOS. The highest BCUT2D eigenvalue weighted by molar-refractivity contribution is 7.80. The van der Waals surface area contributed by atoms with E-state index in [1.807, 2.05) is 18.2 Å². The number of nitrogens with two attached hydrogens (primary N) is 1. The monoisotopic (exact) mass is 179 g/mol. The van der Waals surface area contributed by atoms with E-state index in [9.17, 15) is 0 Å². The summed E-state index contributed by atoms with van der Waals surface area (Å²) < 4.78 is 5.37. The van der Waals surface area contributed by atoms with Crippen LogP contribution in [0, 0.1) is 0 Å². The largest absolute Gasteiger partial charge is 0.493 e. The number of hydrogen-bond acceptors (Lipinski definition) is 2. The molecular weight excluding hydrogens is 170 g/mol. The van der Waals surface area contributed by atoms with Crippen LogP contribution in [0.2, 0.25) is 0 Å². The van der Waals surface area contributed by atoms with Crippen LogP contribution in [0.5, 0.6) is 5.75 Å². The Hall–Kier alpha value is -1.09. The highest BCUT2D eigenvalue weighted by Gasteiger charge is 2.16. The van der Waals surface area contributed by atoms with Crippen molar-refractivity contribution in [2.75, 3.05) is 6.61 Å². The highest BCUT2D eigenvalue weighted by Crippen LogP contribution is 2.27. The zero-order valence-corrected chi connectivity index (χ0v) is 7.36. The van der Waals surface area contributed by atoms with Gasteiger partial charge in [0, 0.05) is 17.5 Å². The van der Waals surface area contributed by atoms with E-state index in [4.69, 9.17) is 22.7 Å². The maximum absolute atomic E-state index is 5.56. The van der Waals surface area contributed by atoms with Crippen molar-refractivity contribution in [2.45, 2.75) is 6.42 Å². The Morgan fingerprint density at radius 2 is 2.33 bits per heavy atom. The first-order chi connectivity index (χ1) is 5.79. The lowest BCUT2D eigenvalue weighted by atomic mass is 10.1.